The van der Waals surface area contributed by atoms with Gasteiger partial charge in [0.25, 0.3) is 5.91 Å². The molecule has 0 atom stereocenters. The molecule has 0 saturated heterocycles. The van der Waals surface area contributed by atoms with Crippen LogP contribution in [0.15, 0.2) is 70.7 Å². The van der Waals surface area contributed by atoms with Crippen molar-refractivity contribution in [2.24, 2.45) is 0 Å². The van der Waals surface area contributed by atoms with Crippen LogP contribution in [0.4, 0.5) is 5.69 Å². The van der Waals surface area contributed by atoms with Gasteiger partial charge >= 0.3 is 5.97 Å². The molecular formula is C27H20BrN2O7-. The van der Waals surface area contributed by atoms with Gasteiger partial charge < -0.3 is 29.4 Å². The first-order chi connectivity index (χ1) is 17.7. The zero-order valence-electron chi connectivity index (χ0n) is 19.7. The van der Waals surface area contributed by atoms with Crippen molar-refractivity contribution in [1.29, 1.82) is 5.26 Å². The molecule has 1 N–H and O–H groups in total. The molecule has 0 aliphatic carbocycles. The number of esters is 1. The molecule has 188 valence electrons. The third-order valence-electron chi connectivity index (χ3n) is 4.88. The van der Waals surface area contributed by atoms with Crippen LogP contribution in [0, 0.1) is 11.3 Å². The Morgan fingerprint density at radius 3 is 2.43 bits per heavy atom. The van der Waals surface area contributed by atoms with Crippen LogP contribution >= 0.6 is 15.9 Å². The first-order valence-electron chi connectivity index (χ1n) is 10.8. The fourth-order valence-corrected chi connectivity index (χ4v) is 3.69. The van der Waals surface area contributed by atoms with Gasteiger partial charge in [-0.1, -0.05) is 12.1 Å². The summed E-state index contributed by atoms with van der Waals surface area (Å²) in [7, 11) is 1.52. The predicted molar refractivity (Wildman–Crippen MR) is 136 cm³/mol. The number of carbonyl (C=O) groups is 3. The Labute approximate surface area is 221 Å². The van der Waals surface area contributed by atoms with Crippen LogP contribution in [0.2, 0.25) is 0 Å². The number of anilines is 1. The van der Waals surface area contributed by atoms with Gasteiger partial charge in [0.1, 0.15) is 17.4 Å². The average Bonchev–Trinajstić information content (AvgIpc) is 2.89. The molecule has 0 aliphatic rings. The van der Waals surface area contributed by atoms with Crippen molar-refractivity contribution < 1.29 is 33.7 Å². The minimum absolute atomic E-state index is 0.120. The lowest BCUT2D eigenvalue weighted by atomic mass is 10.1. The Kier molecular flexibility index (Phi) is 9.02. The largest absolute Gasteiger partial charge is 0.545 e. The molecule has 0 heterocycles. The van der Waals surface area contributed by atoms with E-state index in [9.17, 15) is 24.8 Å². The van der Waals surface area contributed by atoms with Gasteiger partial charge in [-0.05, 0) is 88.6 Å². The zero-order chi connectivity index (χ0) is 26.9. The van der Waals surface area contributed by atoms with Gasteiger partial charge in [-0.15, -0.1) is 0 Å². The normalized spacial score (nSPS) is 10.7. The van der Waals surface area contributed by atoms with Crippen LogP contribution in [0.1, 0.15) is 33.2 Å². The Bertz CT molecular complexity index is 1410. The summed E-state index contributed by atoms with van der Waals surface area (Å²) in [6, 6.07) is 16.7. The highest BCUT2D eigenvalue weighted by Crippen LogP contribution is 2.38. The second-order valence-electron chi connectivity index (χ2n) is 7.37. The number of halogens is 1. The highest BCUT2D eigenvalue weighted by atomic mass is 79.9. The SMILES string of the molecule is CCOc1cc(/C=C(\C#N)C(=O)Nc2cccc(C(=O)[O-])c2)cc(Br)c1OC(=O)c1ccc(OC)cc1. The smallest absolute Gasteiger partial charge is 0.343 e. The van der Waals surface area contributed by atoms with E-state index in [2.05, 4.69) is 21.2 Å². The van der Waals surface area contributed by atoms with Crippen LogP contribution in [0.25, 0.3) is 6.08 Å². The Morgan fingerprint density at radius 1 is 1.08 bits per heavy atom. The van der Waals surface area contributed by atoms with Gasteiger partial charge in [0, 0.05) is 5.69 Å². The highest BCUT2D eigenvalue weighted by Gasteiger charge is 2.18. The summed E-state index contributed by atoms with van der Waals surface area (Å²) in [5.41, 5.74) is 0.520. The number of carbonyl (C=O) groups excluding carboxylic acids is 3. The number of nitrogens with one attached hydrogen (secondary N) is 1. The number of hydrogen-bond donors (Lipinski definition) is 1. The molecule has 0 bridgehead atoms. The summed E-state index contributed by atoms with van der Waals surface area (Å²) in [6.45, 7) is 2.01. The molecule has 0 aromatic heterocycles. The Balaban J connectivity index is 1.87. The molecule has 1 amide bonds. The fraction of sp³-hybridized carbons (Fsp3) is 0.111. The van der Waals surface area contributed by atoms with E-state index < -0.39 is 17.8 Å². The molecule has 0 saturated carbocycles. The fourth-order valence-electron chi connectivity index (χ4n) is 3.15. The van der Waals surface area contributed by atoms with Gasteiger partial charge in [0.15, 0.2) is 11.5 Å². The molecule has 10 heteroatoms. The van der Waals surface area contributed by atoms with Crippen molar-refractivity contribution in [2.45, 2.75) is 6.92 Å². The maximum absolute atomic E-state index is 12.7. The number of ether oxygens (including phenoxy) is 3. The van der Waals surface area contributed by atoms with E-state index in [0.29, 0.717) is 21.3 Å². The number of nitrogens with zero attached hydrogens (tertiary/aromatic N) is 1. The van der Waals surface area contributed by atoms with Crippen LogP contribution < -0.4 is 24.6 Å². The summed E-state index contributed by atoms with van der Waals surface area (Å²) in [6.07, 6.45) is 1.32. The van der Waals surface area contributed by atoms with Crippen LogP contribution in [-0.2, 0) is 4.79 Å². The molecule has 37 heavy (non-hydrogen) atoms. The number of carboxylic acids is 1. The Hall–Kier alpha value is -4.62. The molecule has 0 radical (unpaired) electrons. The number of rotatable bonds is 9. The Morgan fingerprint density at radius 2 is 1.81 bits per heavy atom. The van der Waals surface area contributed by atoms with E-state index in [0.717, 1.165) is 0 Å². The maximum atomic E-state index is 12.7. The van der Waals surface area contributed by atoms with E-state index in [1.807, 2.05) is 6.07 Å². The average molecular weight is 564 g/mol. The molecule has 0 unspecified atom stereocenters. The number of hydrogen-bond acceptors (Lipinski definition) is 8. The van der Waals surface area contributed by atoms with Gasteiger partial charge in [0.05, 0.1) is 29.7 Å². The highest BCUT2D eigenvalue weighted by molar-refractivity contribution is 9.10. The van der Waals surface area contributed by atoms with E-state index in [-0.39, 0.29) is 34.9 Å². The first kappa shape index (κ1) is 27.0. The molecule has 0 fully saturated rings. The summed E-state index contributed by atoms with van der Waals surface area (Å²) < 4.78 is 16.6. The third-order valence-corrected chi connectivity index (χ3v) is 5.47. The second kappa shape index (κ2) is 12.4. The maximum Gasteiger partial charge on any atom is 0.343 e. The molecule has 0 aliphatic heterocycles. The summed E-state index contributed by atoms with van der Waals surface area (Å²) in [5, 5.41) is 23.1. The molecule has 0 spiro atoms. The van der Waals surface area contributed by atoms with E-state index in [1.54, 1.807) is 37.3 Å². The lowest BCUT2D eigenvalue weighted by Gasteiger charge is -2.14. The van der Waals surface area contributed by atoms with Crippen LogP contribution in [0.5, 0.6) is 17.2 Å². The monoisotopic (exact) mass is 563 g/mol. The lowest BCUT2D eigenvalue weighted by Crippen LogP contribution is -2.22. The first-order valence-corrected chi connectivity index (χ1v) is 11.6. The van der Waals surface area contributed by atoms with Crippen molar-refractivity contribution in [1.82, 2.24) is 0 Å². The number of carboxylic acid groups (broad SMARTS) is 1. The quantitative estimate of drug-likeness (QED) is 0.178. The number of benzene rings is 3. The van der Waals surface area contributed by atoms with Crippen LogP contribution in [0.3, 0.4) is 0 Å². The zero-order valence-corrected chi connectivity index (χ0v) is 21.3. The topological polar surface area (TPSA) is 138 Å². The third kappa shape index (κ3) is 6.96. The molecule has 3 aromatic rings. The minimum Gasteiger partial charge on any atom is -0.545 e. The summed E-state index contributed by atoms with van der Waals surface area (Å²) >= 11 is 3.36. The number of amides is 1. The van der Waals surface area contributed by atoms with Crippen molar-refractivity contribution in [3.05, 3.63) is 87.4 Å². The van der Waals surface area contributed by atoms with E-state index in [1.165, 1.54) is 43.5 Å². The van der Waals surface area contributed by atoms with Gasteiger partial charge in [-0.2, -0.15) is 5.26 Å². The van der Waals surface area contributed by atoms with E-state index in [4.69, 9.17) is 14.2 Å². The second-order valence-corrected chi connectivity index (χ2v) is 8.23. The standard InChI is InChI=1S/C27H21BrN2O7/c1-3-36-23-13-16(11-19(15-29)25(31)30-20-6-4-5-18(14-20)26(32)33)12-22(28)24(23)37-27(34)17-7-9-21(35-2)10-8-17/h4-14H,3H2,1-2H3,(H,30,31)(H,32,33)/p-1/b19-11+. The van der Waals surface area contributed by atoms with Crippen molar-refractivity contribution in [3.63, 3.8) is 0 Å². The van der Waals surface area contributed by atoms with E-state index >= 15 is 0 Å². The summed E-state index contributed by atoms with van der Waals surface area (Å²) in [5.74, 6) is -1.84. The van der Waals surface area contributed by atoms with Gasteiger partial charge in [-0.25, -0.2) is 4.79 Å². The predicted octanol–water partition coefficient (Wildman–Crippen LogP) is 3.98. The van der Waals surface area contributed by atoms with Crippen LogP contribution in [-0.4, -0.2) is 31.6 Å². The number of methoxy groups -OCH3 is 1. The summed E-state index contributed by atoms with van der Waals surface area (Å²) in [4.78, 5) is 36.4. The minimum atomic E-state index is -1.40. The van der Waals surface area contributed by atoms with Crippen molar-refractivity contribution >= 4 is 45.5 Å². The number of nitriles is 1. The van der Waals surface area contributed by atoms with Crippen molar-refractivity contribution in [2.75, 3.05) is 19.0 Å². The van der Waals surface area contributed by atoms with Gasteiger partial charge in [0.2, 0.25) is 0 Å². The van der Waals surface area contributed by atoms with Gasteiger partial charge in [-0.3, -0.25) is 4.79 Å². The van der Waals surface area contributed by atoms with Crippen molar-refractivity contribution in [3.8, 4) is 23.3 Å². The molecular weight excluding hydrogens is 544 g/mol. The molecule has 3 aromatic carbocycles. The lowest BCUT2D eigenvalue weighted by molar-refractivity contribution is -0.255. The number of aromatic carboxylic acids is 1. The molecule has 3 rings (SSSR count). The molecule has 9 nitrogen and oxygen atoms in total.